The molecule has 0 fully saturated rings. The highest BCUT2D eigenvalue weighted by molar-refractivity contribution is 7.17. The summed E-state index contributed by atoms with van der Waals surface area (Å²) in [5.41, 5.74) is 0.682. The molecule has 4 rings (SSSR count). The normalized spacial score (nSPS) is 11.8. The minimum atomic E-state index is -4.78. The first-order valence-electron chi connectivity index (χ1n) is 9.56. The van der Waals surface area contributed by atoms with Gasteiger partial charge in [0.15, 0.2) is 0 Å². The number of H-pyrrole nitrogens is 1. The molecular formula is C21H17F3N4O4S. The monoisotopic (exact) mass is 478 g/mol. The number of nitrogens with one attached hydrogen (secondary N) is 2. The smallest absolute Gasteiger partial charge is 0.464 e. The van der Waals surface area contributed by atoms with E-state index in [0.29, 0.717) is 33.1 Å². The molecule has 1 amide bonds. The van der Waals surface area contributed by atoms with Crippen LogP contribution < -0.4 is 15.6 Å². The topological polar surface area (TPSA) is 100 Å². The second-order valence-corrected chi connectivity index (χ2v) is 7.97. The zero-order chi connectivity index (χ0) is 23.6. The van der Waals surface area contributed by atoms with E-state index in [2.05, 4.69) is 20.0 Å². The molecule has 0 radical (unpaired) electrons. The number of aromatic amines is 1. The zero-order valence-electron chi connectivity index (χ0n) is 17.1. The number of fused-ring (bicyclic) bond motifs is 1. The maximum absolute atomic E-state index is 12.6. The van der Waals surface area contributed by atoms with Gasteiger partial charge in [0.2, 0.25) is 5.91 Å². The fourth-order valence-electron chi connectivity index (χ4n) is 3.18. The highest BCUT2D eigenvalue weighted by atomic mass is 32.1. The number of nitrogens with zero attached hydrogens (tertiary/aromatic N) is 2. The van der Waals surface area contributed by atoms with Crippen LogP contribution >= 0.6 is 11.3 Å². The van der Waals surface area contributed by atoms with Crippen molar-refractivity contribution in [3.63, 3.8) is 0 Å². The number of halogens is 3. The van der Waals surface area contributed by atoms with E-state index in [1.807, 2.05) is 0 Å². The lowest BCUT2D eigenvalue weighted by molar-refractivity contribution is -0.274. The predicted octanol–water partition coefficient (Wildman–Crippen LogP) is 4.21. The summed E-state index contributed by atoms with van der Waals surface area (Å²) in [5, 5.41) is 4.84. The molecule has 0 atom stereocenters. The van der Waals surface area contributed by atoms with Gasteiger partial charge in [-0.15, -0.1) is 24.5 Å². The highest BCUT2D eigenvalue weighted by Gasteiger charge is 2.31. The van der Waals surface area contributed by atoms with Crippen molar-refractivity contribution < 1.29 is 27.1 Å². The molecule has 12 heteroatoms. The van der Waals surface area contributed by atoms with E-state index in [1.165, 1.54) is 29.7 Å². The largest absolute Gasteiger partial charge is 0.573 e. The minimum absolute atomic E-state index is 0.0371. The van der Waals surface area contributed by atoms with Crippen molar-refractivity contribution in [2.45, 2.75) is 12.9 Å². The lowest BCUT2D eigenvalue weighted by atomic mass is 10.2. The number of aromatic nitrogens is 2. The van der Waals surface area contributed by atoms with Gasteiger partial charge < -0.3 is 19.5 Å². The quantitative estimate of drug-likeness (QED) is 0.413. The van der Waals surface area contributed by atoms with Crippen LogP contribution in [0.5, 0.6) is 5.75 Å². The van der Waals surface area contributed by atoms with E-state index < -0.39 is 6.36 Å². The summed E-state index contributed by atoms with van der Waals surface area (Å²) < 4.78 is 45.8. The first-order chi connectivity index (χ1) is 15.7. The van der Waals surface area contributed by atoms with Gasteiger partial charge in [0.1, 0.15) is 22.2 Å². The second kappa shape index (κ2) is 9.08. The molecule has 0 saturated heterocycles. The molecular weight excluding hydrogens is 461 g/mol. The third-order valence-electron chi connectivity index (χ3n) is 4.48. The fourth-order valence-corrected chi connectivity index (χ4v) is 4.13. The van der Waals surface area contributed by atoms with Crippen molar-refractivity contribution in [2.24, 2.45) is 0 Å². The van der Waals surface area contributed by atoms with Gasteiger partial charge in [-0.25, -0.2) is 4.98 Å². The molecule has 3 aromatic heterocycles. The third-order valence-corrected chi connectivity index (χ3v) is 5.36. The summed E-state index contributed by atoms with van der Waals surface area (Å²) in [4.78, 5) is 34.3. The number of hydrogen-bond donors (Lipinski definition) is 2. The zero-order valence-corrected chi connectivity index (χ0v) is 17.9. The third kappa shape index (κ3) is 5.59. The number of hydrogen-bond acceptors (Lipinski definition) is 7. The molecule has 4 aromatic rings. The van der Waals surface area contributed by atoms with Crippen molar-refractivity contribution in [2.75, 3.05) is 18.9 Å². The highest BCUT2D eigenvalue weighted by Crippen LogP contribution is 2.31. The summed E-state index contributed by atoms with van der Waals surface area (Å²) in [6, 6.07) is 8.32. The summed E-state index contributed by atoms with van der Waals surface area (Å²) in [5.74, 6) is 0.200. The Morgan fingerprint density at radius 3 is 2.70 bits per heavy atom. The maximum atomic E-state index is 12.6. The van der Waals surface area contributed by atoms with Crippen molar-refractivity contribution in [3.8, 4) is 17.1 Å². The average molecular weight is 478 g/mol. The molecule has 0 bridgehead atoms. The van der Waals surface area contributed by atoms with Gasteiger partial charge in [-0.3, -0.25) is 14.5 Å². The molecule has 3 heterocycles. The van der Waals surface area contributed by atoms with E-state index in [-0.39, 0.29) is 30.3 Å². The number of rotatable bonds is 7. The van der Waals surface area contributed by atoms with Gasteiger partial charge in [0.25, 0.3) is 5.56 Å². The van der Waals surface area contributed by atoms with Gasteiger partial charge in [-0.2, -0.15) is 0 Å². The van der Waals surface area contributed by atoms with Crippen molar-refractivity contribution in [1.82, 2.24) is 14.9 Å². The molecule has 0 unspecified atom stereocenters. The lowest BCUT2D eigenvalue weighted by Gasteiger charge is -2.16. The summed E-state index contributed by atoms with van der Waals surface area (Å²) >= 11 is 1.32. The van der Waals surface area contributed by atoms with E-state index in [9.17, 15) is 22.8 Å². The van der Waals surface area contributed by atoms with Crippen LogP contribution in [0.1, 0.15) is 5.82 Å². The van der Waals surface area contributed by atoms with Crippen LogP contribution in [0.25, 0.3) is 21.5 Å². The number of anilines is 1. The van der Waals surface area contributed by atoms with Gasteiger partial charge in [0, 0.05) is 16.6 Å². The summed E-state index contributed by atoms with van der Waals surface area (Å²) in [6.07, 6.45) is -3.26. The number of ether oxygens (including phenoxy) is 1. The van der Waals surface area contributed by atoms with E-state index >= 15 is 0 Å². The van der Waals surface area contributed by atoms with Crippen LogP contribution in [0.4, 0.5) is 18.9 Å². The number of carbonyl (C=O) groups excluding carboxylic acids is 1. The first-order valence-corrected chi connectivity index (χ1v) is 10.4. The molecule has 0 saturated carbocycles. The standard InChI is InChI=1S/C21H17F3N4O4S/c1-28(10-17(29)25-12-4-6-13(7-5-12)32-21(22,23)24)9-16-26-19(30)18-14(11-33-20(18)27-16)15-3-2-8-31-15/h2-8,11H,9-10H2,1H3,(H,25,29)(H,26,27,30). The number of likely N-dealkylation sites (N-methyl/N-ethyl adjacent to an activating group) is 1. The fraction of sp³-hybridized carbons (Fsp3) is 0.190. The maximum Gasteiger partial charge on any atom is 0.573 e. The summed E-state index contributed by atoms with van der Waals surface area (Å²) in [7, 11) is 1.67. The Bertz CT molecular complexity index is 1310. The Morgan fingerprint density at radius 2 is 2.03 bits per heavy atom. The van der Waals surface area contributed by atoms with Crippen LogP contribution in [0.3, 0.4) is 0 Å². The van der Waals surface area contributed by atoms with Gasteiger partial charge in [0.05, 0.1) is 24.7 Å². The Labute approximate surface area is 188 Å². The van der Waals surface area contributed by atoms with Gasteiger partial charge >= 0.3 is 6.36 Å². The Morgan fingerprint density at radius 1 is 1.27 bits per heavy atom. The lowest BCUT2D eigenvalue weighted by Crippen LogP contribution is -2.31. The number of amides is 1. The molecule has 0 aliphatic carbocycles. The molecule has 33 heavy (non-hydrogen) atoms. The molecule has 0 spiro atoms. The molecule has 172 valence electrons. The number of furan rings is 1. The number of benzene rings is 1. The second-order valence-electron chi connectivity index (χ2n) is 7.11. The van der Waals surface area contributed by atoms with E-state index in [4.69, 9.17) is 4.42 Å². The number of thiophene rings is 1. The van der Waals surface area contributed by atoms with Crippen LogP contribution in [-0.4, -0.2) is 40.7 Å². The molecule has 8 nitrogen and oxygen atoms in total. The predicted molar refractivity (Wildman–Crippen MR) is 116 cm³/mol. The van der Waals surface area contributed by atoms with Crippen molar-refractivity contribution >= 4 is 33.1 Å². The Balaban J connectivity index is 1.38. The van der Waals surface area contributed by atoms with E-state index in [1.54, 1.807) is 29.5 Å². The molecule has 0 aliphatic heterocycles. The molecule has 1 aromatic carbocycles. The Kier molecular flexibility index (Phi) is 6.20. The number of alkyl halides is 3. The van der Waals surface area contributed by atoms with Crippen LogP contribution in [0, 0.1) is 0 Å². The van der Waals surface area contributed by atoms with Crippen LogP contribution in [0.2, 0.25) is 0 Å². The van der Waals surface area contributed by atoms with Gasteiger partial charge in [-0.05, 0) is 43.4 Å². The molecule has 2 N–H and O–H groups in total. The number of carbonyl (C=O) groups is 1. The van der Waals surface area contributed by atoms with Crippen molar-refractivity contribution in [3.05, 3.63) is 64.2 Å². The minimum Gasteiger partial charge on any atom is -0.464 e. The van der Waals surface area contributed by atoms with Crippen LogP contribution in [0.15, 0.2) is 57.3 Å². The van der Waals surface area contributed by atoms with Crippen molar-refractivity contribution in [1.29, 1.82) is 0 Å². The average Bonchev–Trinajstić information content (AvgIpc) is 3.37. The van der Waals surface area contributed by atoms with Gasteiger partial charge in [-0.1, -0.05) is 0 Å². The Hall–Kier alpha value is -3.64. The van der Waals surface area contributed by atoms with Crippen LogP contribution in [-0.2, 0) is 11.3 Å². The SMILES string of the molecule is CN(CC(=O)Nc1ccc(OC(F)(F)F)cc1)Cc1nc2scc(-c3ccco3)c2c(=O)[nH]1. The molecule has 0 aliphatic rings. The summed E-state index contributed by atoms with van der Waals surface area (Å²) in [6.45, 7) is 0.162. The first kappa shape index (κ1) is 22.6. The van der Waals surface area contributed by atoms with E-state index in [0.717, 1.165) is 12.1 Å².